The van der Waals surface area contributed by atoms with Gasteiger partial charge in [0.15, 0.2) is 0 Å². The van der Waals surface area contributed by atoms with Gasteiger partial charge in [-0.05, 0) is 18.3 Å². The van der Waals surface area contributed by atoms with E-state index >= 15 is 0 Å². The van der Waals surface area contributed by atoms with Crippen molar-refractivity contribution in [2.24, 2.45) is 10.8 Å². The summed E-state index contributed by atoms with van der Waals surface area (Å²) in [5.74, 6) is 0. The van der Waals surface area contributed by atoms with E-state index in [1.807, 2.05) is 13.8 Å². The van der Waals surface area contributed by atoms with E-state index in [1.54, 1.807) is 0 Å². The molecule has 0 saturated carbocycles. The largest absolute Gasteiger partial charge is 0.393 e. The predicted molar refractivity (Wildman–Crippen MR) is 90.4 cm³/mol. The van der Waals surface area contributed by atoms with Gasteiger partial charge in [-0.3, -0.25) is 0 Å². The molecule has 0 nitrogen and oxygen atoms in total. The van der Waals surface area contributed by atoms with Crippen LogP contribution in [0, 0.1) is 10.8 Å². The van der Waals surface area contributed by atoms with Crippen LogP contribution in [0.1, 0.15) is 86.0 Å². The van der Waals surface area contributed by atoms with Crippen LogP contribution in [0.3, 0.4) is 0 Å². The van der Waals surface area contributed by atoms with Crippen LogP contribution in [-0.4, -0.2) is 21.9 Å². The Hall–Kier alpha value is -0.0801. The zero-order valence-corrected chi connectivity index (χ0v) is 14.9. The summed E-state index contributed by atoms with van der Waals surface area (Å²) in [6, 6.07) is 0. The van der Waals surface area contributed by atoms with Gasteiger partial charge in [0.25, 0.3) is 0 Å². The highest BCUT2D eigenvalue weighted by Crippen LogP contribution is 2.63. The standard InChI is InChI=1S/C17H31B2F3/c1-6-8-10-11-13-15(5,12-9-7-2)16(18,19)14(3,4)17(20,21)22/h6-13H2,1-5H3. The molecule has 1 unspecified atom stereocenters. The minimum Gasteiger partial charge on any atom is -0.171 e. The average molecular weight is 314 g/mol. The van der Waals surface area contributed by atoms with Gasteiger partial charge >= 0.3 is 6.18 Å². The third kappa shape index (κ3) is 4.71. The molecule has 22 heavy (non-hydrogen) atoms. The third-order valence-electron chi connectivity index (χ3n) is 5.41. The molecule has 0 saturated heterocycles. The average Bonchev–Trinajstić information content (AvgIpc) is 2.39. The lowest BCUT2D eigenvalue weighted by Gasteiger charge is -2.56. The monoisotopic (exact) mass is 314 g/mol. The maximum absolute atomic E-state index is 13.5. The maximum atomic E-state index is 13.5. The molecule has 1 atom stereocenters. The van der Waals surface area contributed by atoms with Crippen LogP contribution in [0.5, 0.6) is 0 Å². The van der Waals surface area contributed by atoms with E-state index < -0.39 is 22.2 Å². The van der Waals surface area contributed by atoms with Crippen LogP contribution in [-0.2, 0) is 0 Å². The van der Waals surface area contributed by atoms with E-state index in [1.165, 1.54) is 0 Å². The highest BCUT2D eigenvalue weighted by atomic mass is 19.4. The van der Waals surface area contributed by atoms with Gasteiger partial charge in [-0.15, -0.1) is 0 Å². The summed E-state index contributed by atoms with van der Waals surface area (Å²) in [5, 5.41) is -1.79. The highest BCUT2D eigenvalue weighted by molar-refractivity contribution is 6.41. The first-order chi connectivity index (χ1) is 9.87. The van der Waals surface area contributed by atoms with Crippen molar-refractivity contribution in [1.29, 1.82) is 0 Å². The Morgan fingerprint density at radius 3 is 1.59 bits per heavy atom. The molecule has 126 valence electrons. The Kier molecular flexibility index (Phi) is 8.12. The fraction of sp³-hybridized carbons (Fsp3) is 1.00. The van der Waals surface area contributed by atoms with E-state index in [2.05, 4.69) is 6.92 Å². The molecule has 0 aromatic heterocycles. The molecule has 5 heteroatoms. The van der Waals surface area contributed by atoms with E-state index in [0.717, 1.165) is 52.4 Å². The van der Waals surface area contributed by atoms with Gasteiger partial charge in [0.2, 0.25) is 0 Å². The first-order valence-electron chi connectivity index (χ1n) is 8.52. The Balaban J connectivity index is 5.36. The summed E-state index contributed by atoms with van der Waals surface area (Å²) in [7, 11) is 12.3. The Bertz CT molecular complexity index is 324. The van der Waals surface area contributed by atoms with Crippen molar-refractivity contribution >= 4 is 15.7 Å². The van der Waals surface area contributed by atoms with Crippen LogP contribution in [0.25, 0.3) is 0 Å². The number of rotatable bonds is 10. The second kappa shape index (κ2) is 8.15. The SMILES string of the molecule is [B]C([B])(C(C)(CCCC)CCCCCC)C(C)(C)C(F)(F)F. The van der Waals surface area contributed by atoms with Crippen molar-refractivity contribution < 1.29 is 13.2 Å². The highest BCUT2D eigenvalue weighted by Gasteiger charge is 2.60. The van der Waals surface area contributed by atoms with Crippen LogP contribution in [0.2, 0.25) is 5.21 Å². The molecular formula is C17H31B2F3. The lowest BCUT2D eigenvalue weighted by molar-refractivity contribution is -0.227. The summed E-state index contributed by atoms with van der Waals surface area (Å²) >= 11 is 0. The first kappa shape index (κ1) is 21.9. The van der Waals surface area contributed by atoms with Gasteiger partial charge in [-0.2, -0.15) is 13.2 Å². The van der Waals surface area contributed by atoms with Crippen LogP contribution < -0.4 is 0 Å². The molecule has 0 aliphatic carbocycles. The summed E-state index contributed by atoms with van der Waals surface area (Å²) < 4.78 is 40.4. The molecule has 0 spiro atoms. The fourth-order valence-corrected chi connectivity index (χ4v) is 3.04. The van der Waals surface area contributed by atoms with E-state index in [-0.39, 0.29) is 0 Å². The number of alkyl halides is 3. The molecule has 0 aliphatic heterocycles. The Morgan fingerprint density at radius 1 is 0.727 bits per heavy atom. The van der Waals surface area contributed by atoms with Crippen LogP contribution in [0.15, 0.2) is 0 Å². The van der Waals surface area contributed by atoms with Crippen molar-refractivity contribution in [1.82, 2.24) is 0 Å². The van der Waals surface area contributed by atoms with E-state index in [0.29, 0.717) is 12.8 Å². The van der Waals surface area contributed by atoms with Gasteiger partial charge in [-0.1, -0.05) is 78.4 Å². The van der Waals surface area contributed by atoms with Gasteiger partial charge in [-0.25, -0.2) is 0 Å². The summed E-state index contributed by atoms with van der Waals surface area (Å²) in [4.78, 5) is 0. The molecule has 0 aromatic carbocycles. The zero-order valence-electron chi connectivity index (χ0n) is 14.9. The second-order valence-corrected chi connectivity index (χ2v) is 7.47. The predicted octanol–water partition coefficient (Wildman–Crippen LogP) is 6.20. The molecule has 4 radical (unpaired) electrons. The lowest BCUT2D eigenvalue weighted by atomic mass is 9.32. The van der Waals surface area contributed by atoms with Gasteiger partial charge < -0.3 is 0 Å². The van der Waals surface area contributed by atoms with Gasteiger partial charge in [0.1, 0.15) is 0 Å². The van der Waals surface area contributed by atoms with Crippen molar-refractivity contribution in [3.05, 3.63) is 0 Å². The van der Waals surface area contributed by atoms with Gasteiger partial charge in [0, 0.05) is 0 Å². The molecule has 0 bridgehead atoms. The number of hydrogen-bond acceptors (Lipinski definition) is 0. The van der Waals surface area contributed by atoms with Crippen molar-refractivity contribution in [3.8, 4) is 0 Å². The quantitative estimate of drug-likeness (QED) is 0.333. The summed E-state index contributed by atoms with van der Waals surface area (Å²) in [6.45, 7) is 8.23. The van der Waals surface area contributed by atoms with Crippen LogP contribution in [0.4, 0.5) is 13.2 Å². The molecule has 0 fully saturated rings. The van der Waals surface area contributed by atoms with Crippen molar-refractivity contribution in [3.63, 3.8) is 0 Å². The minimum absolute atomic E-state index is 0.627. The molecule has 0 heterocycles. The number of hydrogen-bond donors (Lipinski definition) is 0. The Labute approximate surface area is 137 Å². The zero-order chi connectivity index (χ0) is 17.7. The third-order valence-corrected chi connectivity index (χ3v) is 5.41. The summed E-state index contributed by atoms with van der Waals surface area (Å²) in [6.07, 6.45) is 2.68. The lowest BCUT2D eigenvalue weighted by Crippen LogP contribution is -2.52. The molecular weight excluding hydrogens is 283 g/mol. The minimum atomic E-state index is -4.42. The van der Waals surface area contributed by atoms with Crippen molar-refractivity contribution in [2.75, 3.05) is 0 Å². The smallest absolute Gasteiger partial charge is 0.171 e. The van der Waals surface area contributed by atoms with Gasteiger partial charge in [0.05, 0.1) is 21.1 Å². The van der Waals surface area contributed by atoms with Crippen LogP contribution >= 0.6 is 0 Å². The Morgan fingerprint density at radius 2 is 1.18 bits per heavy atom. The number of halogens is 3. The molecule has 0 amide bonds. The number of unbranched alkanes of at least 4 members (excludes halogenated alkanes) is 4. The maximum Gasteiger partial charge on any atom is 0.393 e. The first-order valence-corrected chi connectivity index (χ1v) is 8.52. The second-order valence-electron chi connectivity index (χ2n) is 7.47. The summed E-state index contributed by atoms with van der Waals surface area (Å²) in [5.41, 5.74) is -2.86. The molecule has 0 aromatic rings. The van der Waals surface area contributed by atoms with E-state index in [4.69, 9.17) is 15.7 Å². The van der Waals surface area contributed by atoms with Crippen molar-refractivity contribution in [2.45, 2.75) is 97.4 Å². The van der Waals surface area contributed by atoms with E-state index in [9.17, 15) is 13.2 Å². The normalized spacial score (nSPS) is 16.5. The fourth-order valence-electron chi connectivity index (χ4n) is 3.04. The molecule has 0 N–H and O–H groups in total. The molecule has 0 rings (SSSR count). The molecule has 0 aliphatic rings. The topological polar surface area (TPSA) is 0 Å².